The Bertz CT molecular complexity index is 555. The van der Waals surface area contributed by atoms with Gasteiger partial charge in [0.1, 0.15) is 0 Å². The van der Waals surface area contributed by atoms with Crippen LogP contribution in [0.3, 0.4) is 0 Å². The molecule has 0 aliphatic heterocycles. The van der Waals surface area contributed by atoms with E-state index in [-0.39, 0.29) is 28.4 Å². The van der Waals surface area contributed by atoms with Gasteiger partial charge in [-0.25, -0.2) is 0 Å². The van der Waals surface area contributed by atoms with E-state index in [4.69, 9.17) is 23.2 Å². The Kier molecular flexibility index (Phi) is 3.76. The number of ketones is 1. The maximum Gasteiger partial charge on any atom is 0.171 e. The van der Waals surface area contributed by atoms with Crippen molar-refractivity contribution in [2.75, 3.05) is 0 Å². The third kappa shape index (κ3) is 2.28. The molecule has 1 nitrogen and oxygen atoms in total. The minimum atomic E-state index is -0.180. The van der Waals surface area contributed by atoms with E-state index in [9.17, 15) is 4.79 Å². The molecule has 2 aliphatic carbocycles. The van der Waals surface area contributed by atoms with Crippen molar-refractivity contribution < 1.29 is 4.79 Å². The molecule has 1 aromatic carbocycles. The Labute approximate surface area is 131 Å². The lowest BCUT2D eigenvalue weighted by Gasteiger charge is -2.31. The second-order valence-electron chi connectivity index (χ2n) is 5.14. The number of Topliss-reactive ketones (excluding diaryl/α,β-unsaturated/α-hetero) is 1. The second-order valence-corrected chi connectivity index (χ2v) is 7.00. The van der Waals surface area contributed by atoms with Gasteiger partial charge in [-0.05, 0) is 30.4 Å². The molecule has 0 spiro atoms. The Morgan fingerprint density at radius 3 is 2.79 bits per heavy atom. The Morgan fingerprint density at radius 1 is 1.21 bits per heavy atom. The van der Waals surface area contributed by atoms with Gasteiger partial charge in [-0.2, -0.15) is 0 Å². The summed E-state index contributed by atoms with van der Waals surface area (Å²) in [6, 6.07) is 5.93. The fraction of sp³-hybridized carbons (Fsp3) is 0.400. The highest BCUT2D eigenvalue weighted by molar-refractivity contribution is 9.10. The number of hydrogen-bond acceptors (Lipinski definition) is 1. The van der Waals surface area contributed by atoms with E-state index in [0.29, 0.717) is 0 Å². The molecule has 0 amide bonds. The van der Waals surface area contributed by atoms with E-state index < -0.39 is 0 Å². The molecule has 0 saturated carbocycles. The fourth-order valence-corrected chi connectivity index (χ4v) is 4.31. The van der Waals surface area contributed by atoms with Gasteiger partial charge >= 0.3 is 0 Å². The zero-order chi connectivity index (χ0) is 13.6. The van der Waals surface area contributed by atoms with E-state index in [2.05, 4.69) is 15.9 Å². The van der Waals surface area contributed by atoms with Crippen LogP contribution in [0.4, 0.5) is 0 Å². The second kappa shape index (κ2) is 5.23. The van der Waals surface area contributed by atoms with Crippen molar-refractivity contribution in [1.82, 2.24) is 0 Å². The van der Waals surface area contributed by atoms with E-state index in [1.54, 1.807) is 0 Å². The number of fused-ring (bicyclic) bond motifs is 2. The van der Waals surface area contributed by atoms with Gasteiger partial charge in [0.05, 0.1) is 10.8 Å². The molecule has 2 aliphatic rings. The third-order valence-corrected chi connectivity index (χ3v) is 5.87. The highest BCUT2D eigenvalue weighted by Crippen LogP contribution is 2.41. The Hall–Kier alpha value is -0.310. The standard InChI is InChI=1S/C15H13BrCl2O/c16-11-3-1-2-8-4-5-9-10(15(19)13(8)11)6-7-12(17)14(9)18/h1-3,6-7,9-10,12,14H,4-5H2. The van der Waals surface area contributed by atoms with E-state index in [1.165, 1.54) is 0 Å². The number of rotatable bonds is 0. The van der Waals surface area contributed by atoms with Crippen LogP contribution in [0.5, 0.6) is 0 Å². The van der Waals surface area contributed by atoms with Crippen LogP contribution in [0.1, 0.15) is 22.3 Å². The molecule has 0 saturated heterocycles. The summed E-state index contributed by atoms with van der Waals surface area (Å²) in [7, 11) is 0. The quantitative estimate of drug-likeness (QED) is 0.489. The molecule has 4 heteroatoms. The largest absolute Gasteiger partial charge is 0.293 e. The summed E-state index contributed by atoms with van der Waals surface area (Å²) < 4.78 is 0.878. The van der Waals surface area contributed by atoms with Crippen LogP contribution in [0.2, 0.25) is 0 Å². The molecule has 4 atom stereocenters. The number of aryl methyl sites for hydroxylation is 1. The van der Waals surface area contributed by atoms with Gasteiger partial charge in [-0.1, -0.05) is 40.2 Å². The van der Waals surface area contributed by atoms with E-state index >= 15 is 0 Å². The predicted molar refractivity (Wildman–Crippen MR) is 82.2 cm³/mol. The lowest BCUT2D eigenvalue weighted by atomic mass is 9.79. The zero-order valence-electron chi connectivity index (χ0n) is 10.2. The first-order valence-electron chi connectivity index (χ1n) is 6.37. The third-order valence-electron chi connectivity index (χ3n) is 4.07. The number of hydrogen-bond donors (Lipinski definition) is 0. The monoisotopic (exact) mass is 358 g/mol. The number of allylic oxidation sites excluding steroid dienone is 2. The number of alkyl halides is 2. The molecule has 19 heavy (non-hydrogen) atoms. The van der Waals surface area contributed by atoms with Crippen LogP contribution in [-0.4, -0.2) is 16.5 Å². The Balaban J connectivity index is 2.08. The average Bonchev–Trinajstić information content (AvgIpc) is 2.53. The van der Waals surface area contributed by atoms with Crippen molar-refractivity contribution >= 4 is 44.9 Å². The Morgan fingerprint density at radius 2 is 2.00 bits per heavy atom. The van der Waals surface area contributed by atoms with Crippen molar-refractivity contribution in [3.63, 3.8) is 0 Å². The highest BCUT2D eigenvalue weighted by atomic mass is 79.9. The van der Waals surface area contributed by atoms with Gasteiger partial charge in [0.2, 0.25) is 0 Å². The van der Waals surface area contributed by atoms with Crippen molar-refractivity contribution in [3.05, 3.63) is 46.0 Å². The molecule has 0 bridgehead atoms. The normalized spacial score (nSPS) is 33.5. The molecule has 4 unspecified atom stereocenters. The molecule has 0 N–H and O–H groups in total. The van der Waals surface area contributed by atoms with E-state index in [0.717, 1.165) is 28.4 Å². The minimum Gasteiger partial charge on any atom is -0.293 e. The van der Waals surface area contributed by atoms with Crippen LogP contribution >= 0.6 is 39.1 Å². The maximum atomic E-state index is 12.8. The fourth-order valence-electron chi connectivity index (χ4n) is 3.07. The number of halogens is 3. The summed E-state index contributed by atoms with van der Waals surface area (Å²) in [5, 5.41) is -0.353. The highest BCUT2D eigenvalue weighted by Gasteiger charge is 2.40. The van der Waals surface area contributed by atoms with Gasteiger partial charge in [0.25, 0.3) is 0 Å². The van der Waals surface area contributed by atoms with Crippen molar-refractivity contribution in [2.45, 2.75) is 23.6 Å². The molecular formula is C15H13BrCl2O. The van der Waals surface area contributed by atoms with Crippen molar-refractivity contribution in [2.24, 2.45) is 11.8 Å². The molecule has 0 aromatic heterocycles. The molecule has 0 heterocycles. The summed E-state index contributed by atoms with van der Waals surface area (Å²) in [5.41, 5.74) is 1.92. The van der Waals surface area contributed by atoms with Crippen LogP contribution in [0.25, 0.3) is 0 Å². The number of carbonyl (C=O) groups is 1. The van der Waals surface area contributed by atoms with Crippen LogP contribution in [0.15, 0.2) is 34.8 Å². The first kappa shape index (κ1) is 13.7. The minimum absolute atomic E-state index is 0.126. The molecule has 0 radical (unpaired) electrons. The smallest absolute Gasteiger partial charge is 0.171 e. The molecular weight excluding hydrogens is 347 g/mol. The van der Waals surface area contributed by atoms with Gasteiger partial charge < -0.3 is 0 Å². The van der Waals surface area contributed by atoms with Gasteiger partial charge in [0, 0.05) is 16.0 Å². The first-order chi connectivity index (χ1) is 9.09. The van der Waals surface area contributed by atoms with Gasteiger partial charge in [-0.15, -0.1) is 23.2 Å². The van der Waals surface area contributed by atoms with E-state index in [1.807, 2.05) is 30.4 Å². The SMILES string of the molecule is O=C1c2c(Br)cccc2CCC2C1C=CC(Cl)C2Cl. The van der Waals surface area contributed by atoms with Crippen LogP contribution in [-0.2, 0) is 6.42 Å². The van der Waals surface area contributed by atoms with Crippen LogP contribution < -0.4 is 0 Å². The summed E-state index contributed by atoms with van der Waals surface area (Å²) in [5.74, 6) is 0.147. The topological polar surface area (TPSA) is 17.1 Å². The predicted octanol–water partition coefficient (Wildman–Crippen LogP) is 4.60. The molecule has 1 aromatic rings. The van der Waals surface area contributed by atoms with Crippen molar-refractivity contribution in [1.29, 1.82) is 0 Å². The lowest BCUT2D eigenvalue weighted by molar-refractivity contribution is 0.0904. The zero-order valence-corrected chi connectivity index (χ0v) is 13.3. The summed E-state index contributed by atoms with van der Waals surface area (Å²) in [6.45, 7) is 0. The maximum absolute atomic E-state index is 12.8. The number of benzene rings is 1. The van der Waals surface area contributed by atoms with Crippen LogP contribution in [0, 0.1) is 11.8 Å². The summed E-state index contributed by atoms with van der Waals surface area (Å²) in [6.07, 6.45) is 5.59. The molecule has 0 fully saturated rings. The molecule has 100 valence electrons. The summed E-state index contributed by atoms with van der Waals surface area (Å²) >= 11 is 16.1. The average molecular weight is 360 g/mol. The summed E-state index contributed by atoms with van der Waals surface area (Å²) in [4.78, 5) is 12.8. The molecule has 3 rings (SSSR count). The van der Waals surface area contributed by atoms with Gasteiger partial charge in [-0.3, -0.25) is 4.79 Å². The van der Waals surface area contributed by atoms with Crippen molar-refractivity contribution in [3.8, 4) is 0 Å². The first-order valence-corrected chi connectivity index (χ1v) is 8.04. The number of carbonyl (C=O) groups excluding carboxylic acids is 1. The van der Waals surface area contributed by atoms with Gasteiger partial charge in [0.15, 0.2) is 5.78 Å². The lowest BCUT2D eigenvalue weighted by Crippen LogP contribution is -2.36.